The second-order valence-corrected chi connectivity index (χ2v) is 3.29. The average Bonchev–Trinajstić information content (AvgIpc) is 2.34. The Labute approximate surface area is 99.9 Å². The molecule has 0 aliphatic heterocycles. The van der Waals surface area contributed by atoms with Crippen LogP contribution >= 0.6 is 0 Å². The fraction of sp³-hybridized carbons (Fsp3) is 0.417. The first-order valence-corrected chi connectivity index (χ1v) is 5.27. The molecule has 1 rings (SSSR count). The van der Waals surface area contributed by atoms with Gasteiger partial charge in [0.25, 0.3) is 0 Å². The molecular weight excluding hydrogens is 224 g/mol. The van der Waals surface area contributed by atoms with Gasteiger partial charge in [-0.3, -0.25) is 0 Å². The standard InChI is InChI=1S/C12H16O5/c1-15-6-7-16-8-9-17-12(14)10-2-4-11(13)5-3-10/h2-5,13H,6-9H2,1H3. The molecule has 1 aromatic rings. The number of hydrogen-bond donors (Lipinski definition) is 1. The molecular formula is C12H16O5. The summed E-state index contributed by atoms with van der Waals surface area (Å²) in [6, 6.07) is 5.88. The monoisotopic (exact) mass is 240 g/mol. The van der Waals surface area contributed by atoms with E-state index in [1.54, 1.807) is 7.11 Å². The number of aromatic hydroxyl groups is 1. The van der Waals surface area contributed by atoms with Crippen molar-refractivity contribution in [1.29, 1.82) is 0 Å². The summed E-state index contributed by atoms with van der Waals surface area (Å²) < 4.78 is 14.9. The van der Waals surface area contributed by atoms with Crippen LogP contribution in [0.1, 0.15) is 10.4 Å². The summed E-state index contributed by atoms with van der Waals surface area (Å²) >= 11 is 0. The largest absolute Gasteiger partial charge is 0.508 e. The van der Waals surface area contributed by atoms with E-state index in [1.165, 1.54) is 24.3 Å². The van der Waals surface area contributed by atoms with Gasteiger partial charge in [-0.15, -0.1) is 0 Å². The minimum absolute atomic E-state index is 0.115. The summed E-state index contributed by atoms with van der Waals surface area (Å²) in [7, 11) is 1.59. The first kappa shape index (κ1) is 13.5. The fourth-order valence-corrected chi connectivity index (χ4v) is 1.12. The average molecular weight is 240 g/mol. The molecule has 0 atom stereocenters. The molecule has 0 amide bonds. The van der Waals surface area contributed by atoms with Crippen molar-refractivity contribution in [3.05, 3.63) is 29.8 Å². The van der Waals surface area contributed by atoms with Gasteiger partial charge in [0.05, 0.1) is 25.4 Å². The molecule has 94 valence electrons. The van der Waals surface area contributed by atoms with Crippen molar-refractivity contribution >= 4 is 5.97 Å². The van der Waals surface area contributed by atoms with E-state index in [2.05, 4.69) is 0 Å². The number of phenols is 1. The Balaban J connectivity index is 2.19. The summed E-state index contributed by atoms with van der Waals surface area (Å²) in [6.07, 6.45) is 0. The molecule has 5 nitrogen and oxygen atoms in total. The maximum absolute atomic E-state index is 11.5. The Morgan fingerprint density at radius 3 is 2.41 bits per heavy atom. The van der Waals surface area contributed by atoms with Crippen LogP contribution in [0.15, 0.2) is 24.3 Å². The molecule has 0 saturated carbocycles. The van der Waals surface area contributed by atoms with Crippen LogP contribution < -0.4 is 0 Å². The van der Waals surface area contributed by atoms with Crippen molar-refractivity contribution in [2.45, 2.75) is 0 Å². The SMILES string of the molecule is COCCOCCOC(=O)c1ccc(O)cc1. The van der Waals surface area contributed by atoms with Crippen molar-refractivity contribution < 1.29 is 24.1 Å². The minimum atomic E-state index is -0.430. The topological polar surface area (TPSA) is 65.0 Å². The van der Waals surface area contributed by atoms with Crippen LogP contribution in [-0.4, -0.2) is 44.6 Å². The second-order valence-electron chi connectivity index (χ2n) is 3.29. The molecule has 0 aliphatic carbocycles. The van der Waals surface area contributed by atoms with Gasteiger partial charge in [0.2, 0.25) is 0 Å². The number of ether oxygens (including phenoxy) is 3. The van der Waals surface area contributed by atoms with Crippen molar-refractivity contribution in [3.8, 4) is 5.75 Å². The van der Waals surface area contributed by atoms with E-state index in [1.807, 2.05) is 0 Å². The second kappa shape index (κ2) is 7.65. The predicted molar refractivity (Wildman–Crippen MR) is 61.1 cm³/mol. The Morgan fingerprint density at radius 2 is 1.76 bits per heavy atom. The molecule has 0 fully saturated rings. The smallest absolute Gasteiger partial charge is 0.338 e. The lowest BCUT2D eigenvalue weighted by atomic mass is 10.2. The number of phenolic OH excluding ortho intramolecular Hbond substituents is 1. The molecule has 1 N–H and O–H groups in total. The summed E-state index contributed by atoms with van der Waals surface area (Å²) in [6.45, 7) is 1.54. The number of methoxy groups -OCH3 is 1. The zero-order chi connectivity index (χ0) is 12.5. The number of carbonyl (C=O) groups is 1. The van der Waals surface area contributed by atoms with Gasteiger partial charge < -0.3 is 19.3 Å². The molecule has 0 spiro atoms. The Kier molecular flexibility index (Phi) is 6.06. The van der Waals surface area contributed by atoms with Crippen molar-refractivity contribution in [2.75, 3.05) is 33.5 Å². The normalized spacial score (nSPS) is 10.2. The highest BCUT2D eigenvalue weighted by Gasteiger charge is 2.06. The van der Waals surface area contributed by atoms with Crippen LogP contribution in [0.5, 0.6) is 5.75 Å². The maximum Gasteiger partial charge on any atom is 0.338 e. The van der Waals surface area contributed by atoms with E-state index in [4.69, 9.17) is 19.3 Å². The van der Waals surface area contributed by atoms with Gasteiger partial charge >= 0.3 is 5.97 Å². The van der Waals surface area contributed by atoms with Crippen LogP contribution in [0.2, 0.25) is 0 Å². The molecule has 0 aromatic heterocycles. The van der Waals surface area contributed by atoms with Crippen LogP contribution in [0.25, 0.3) is 0 Å². The van der Waals surface area contributed by atoms with Crippen molar-refractivity contribution in [2.24, 2.45) is 0 Å². The number of carbonyl (C=O) groups excluding carboxylic acids is 1. The molecule has 0 bridgehead atoms. The predicted octanol–water partition coefficient (Wildman–Crippen LogP) is 1.21. The van der Waals surface area contributed by atoms with Crippen LogP contribution in [0, 0.1) is 0 Å². The zero-order valence-electron chi connectivity index (χ0n) is 9.72. The lowest BCUT2D eigenvalue weighted by Gasteiger charge is -2.05. The summed E-state index contributed by atoms with van der Waals surface area (Å²) in [5.41, 5.74) is 0.402. The number of benzene rings is 1. The highest BCUT2D eigenvalue weighted by molar-refractivity contribution is 5.89. The summed E-state index contributed by atoms with van der Waals surface area (Å²) in [5.74, 6) is -0.315. The number of rotatable bonds is 7. The van der Waals surface area contributed by atoms with Gasteiger partial charge in [-0.2, -0.15) is 0 Å². The highest BCUT2D eigenvalue weighted by atomic mass is 16.6. The maximum atomic E-state index is 11.5. The quantitative estimate of drug-likeness (QED) is 0.573. The molecule has 0 saturated heterocycles. The third kappa shape index (κ3) is 5.33. The zero-order valence-corrected chi connectivity index (χ0v) is 9.72. The van der Waals surface area contributed by atoms with E-state index < -0.39 is 5.97 Å². The first-order valence-electron chi connectivity index (χ1n) is 5.27. The van der Waals surface area contributed by atoms with Crippen LogP contribution in [-0.2, 0) is 14.2 Å². The van der Waals surface area contributed by atoms with Crippen molar-refractivity contribution in [1.82, 2.24) is 0 Å². The third-order valence-electron chi connectivity index (χ3n) is 2.00. The van der Waals surface area contributed by atoms with E-state index in [9.17, 15) is 4.79 Å². The van der Waals surface area contributed by atoms with Gasteiger partial charge in [-0.1, -0.05) is 0 Å². The lowest BCUT2D eigenvalue weighted by molar-refractivity contribution is 0.0214. The minimum Gasteiger partial charge on any atom is -0.508 e. The van der Waals surface area contributed by atoms with Gasteiger partial charge in [0.1, 0.15) is 12.4 Å². The van der Waals surface area contributed by atoms with Gasteiger partial charge in [0, 0.05) is 7.11 Å². The molecule has 0 radical (unpaired) electrons. The van der Waals surface area contributed by atoms with E-state index in [0.29, 0.717) is 25.4 Å². The first-order chi connectivity index (χ1) is 8.24. The van der Waals surface area contributed by atoms with E-state index in [0.717, 1.165) is 0 Å². The Bertz CT molecular complexity index is 333. The van der Waals surface area contributed by atoms with Gasteiger partial charge in [-0.05, 0) is 24.3 Å². The van der Waals surface area contributed by atoms with E-state index >= 15 is 0 Å². The number of esters is 1. The summed E-state index contributed by atoms with van der Waals surface area (Å²) in [5, 5.41) is 9.05. The lowest BCUT2D eigenvalue weighted by Crippen LogP contribution is -2.12. The molecule has 0 heterocycles. The number of hydrogen-bond acceptors (Lipinski definition) is 5. The van der Waals surface area contributed by atoms with Crippen LogP contribution in [0.4, 0.5) is 0 Å². The molecule has 17 heavy (non-hydrogen) atoms. The highest BCUT2D eigenvalue weighted by Crippen LogP contribution is 2.10. The fourth-order valence-electron chi connectivity index (χ4n) is 1.12. The summed E-state index contributed by atoms with van der Waals surface area (Å²) in [4.78, 5) is 11.5. The van der Waals surface area contributed by atoms with Gasteiger partial charge in [-0.25, -0.2) is 4.79 Å². The molecule has 0 unspecified atom stereocenters. The van der Waals surface area contributed by atoms with Crippen LogP contribution in [0.3, 0.4) is 0 Å². The van der Waals surface area contributed by atoms with E-state index in [-0.39, 0.29) is 12.4 Å². The molecule has 5 heteroatoms. The molecule has 0 aliphatic rings. The Morgan fingerprint density at radius 1 is 1.12 bits per heavy atom. The third-order valence-corrected chi connectivity index (χ3v) is 2.00. The van der Waals surface area contributed by atoms with Crippen molar-refractivity contribution in [3.63, 3.8) is 0 Å². The van der Waals surface area contributed by atoms with Gasteiger partial charge in [0.15, 0.2) is 0 Å². The Hall–Kier alpha value is -1.59. The molecule has 1 aromatic carbocycles.